The van der Waals surface area contributed by atoms with Crippen LogP contribution in [-0.4, -0.2) is 22.0 Å². The number of para-hydroxylation sites is 1. The van der Waals surface area contributed by atoms with E-state index in [-0.39, 0.29) is 17.9 Å². The number of anilines is 1. The third kappa shape index (κ3) is 3.30. The number of carbonyl (C=O) groups excluding carboxylic acids is 1. The van der Waals surface area contributed by atoms with Gasteiger partial charge in [0.05, 0.1) is 11.3 Å². The van der Waals surface area contributed by atoms with Crippen LogP contribution in [0.3, 0.4) is 0 Å². The van der Waals surface area contributed by atoms with Crippen LogP contribution >= 0.6 is 0 Å². The largest absolute Gasteiger partial charge is 0.478 e. The van der Waals surface area contributed by atoms with Crippen molar-refractivity contribution >= 4 is 28.5 Å². The van der Waals surface area contributed by atoms with Gasteiger partial charge in [-0.25, -0.2) is 4.79 Å². The monoisotopic (exact) mass is 322 g/mol. The highest BCUT2D eigenvalue weighted by molar-refractivity contribution is 6.00. The molecule has 0 saturated heterocycles. The van der Waals surface area contributed by atoms with Crippen molar-refractivity contribution in [3.63, 3.8) is 0 Å². The Morgan fingerprint density at radius 1 is 1.17 bits per heavy atom. The third-order valence-corrected chi connectivity index (χ3v) is 3.98. The van der Waals surface area contributed by atoms with E-state index < -0.39 is 5.97 Å². The molecule has 5 nitrogen and oxygen atoms in total. The average molecular weight is 322 g/mol. The molecule has 3 N–H and O–H groups in total. The quantitative estimate of drug-likeness (QED) is 0.669. The molecule has 3 aromatic rings. The van der Waals surface area contributed by atoms with Crippen LogP contribution in [-0.2, 0) is 11.2 Å². The van der Waals surface area contributed by atoms with Crippen LogP contribution in [0.15, 0.2) is 48.7 Å². The van der Waals surface area contributed by atoms with Crippen LogP contribution in [0.1, 0.15) is 27.9 Å². The van der Waals surface area contributed by atoms with E-state index in [1.54, 1.807) is 12.1 Å². The maximum atomic E-state index is 12.2. The number of aryl methyl sites for hydroxylation is 2. The summed E-state index contributed by atoms with van der Waals surface area (Å²) < 4.78 is 0. The van der Waals surface area contributed by atoms with Gasteiger partial charge in [0.15, 0.2) is 0 Å². The number of aromatic amines is 1. The lowest BCUT2D eigenvalue weighted by molar-refractivity contribution is -0.116. The van der Waals surface area contributed by atoms with E-state index in [4.69, 9.17) is 0 Å². The molecule has 0 spiro atoms. The van der Waals surface area contributed by atoms with Gasteiger partial charge in [-0.05, 0) is 42.7 Å². The van der Waals surface area contributed by atoms with E-state index in [0.29, 0.717) is 12.1 Å². The van der Waals surface area contributed by atoms with Gasteiger partial charge in [0.2, 0.25) is 5.91 Å². The van der Waals surface area contributed by atoms with Gasteiger partial charge in [0.25, 0.3) is 0 Å². The maximum Gasteiger partial charge on any atom is 0.337 e. The number of benzene rings is 2. The van der Waals surface area contributed by atoms with E-state index in [1.165, 1.54) is 6.07 Å². The molecule has 122 valence electrons. The minimum atomic E-state index is -1.05. The van der Waals surface area contributed by atoms with Crippen LogP contribution in [0.4, 0.5) is 5.69 Å². The number of hydrogen-bond acceptors (Lipinski definition) is 2. The van der Waals surface area contributed by atoms with Gasteiger partial charge < -0.3 is 15.4 Å². The molecule has 0 aliphatic heterocycles. The molecular weight excluding hydrogens is 304 g/mol. The third-order valence-electron chi connectivity index (χ3n) is 3.98. The number of aromatic nitrogens is 1. The molecule has 0 aliphatic rings. The lowest BCUT2D eigenvalue weighted by Crippen LogP contribution is -2.15. The molecule has 0 aliphatic carbocycles. The summed E-state index contributed by atoms with van der Waals surface area (Å²) >= 11 is 0. The molecule has 1 heterocycles. The molecule has 0 fully saturated rings. The fourth-order valence-corrected chi connectivity index (χ4v) is 2.75. The van der Waals surface area contributed by atoms with E-state index in [9.17, 15) is 14.7 Å². The number of nitrogens with one attached hydrogen (secondary N) is 2. The first kappa shape index (κ1) is 15.8. The zero-order chi connectivity index (χ0) is 17.1. The second-order valence-corrected chi connectivity index (χ2v) is 5.76. The maximum absolute atomic E-state index is 12.2. The highest BCUT2D eigenvalue weighted by Crippen LogP contribution is 2.21. The van der Waals surface area contributed by atoms with Crippen molar-refractivity contribution in [2.45, 2.75) is 19.8 Å². The molecule has 24 heavy (non-hydrogen) atoms. The Bertz CT molecular complexity index is 912. The number of carbonyl (C=O) groups is 2. The number of fused-ring (bicyclic) bond motifs is 1. The van der Waals surface area contributed by atoms with Crippen molar-refractivity contribution in [3.8, 4) is 0 Å². The topological polar surface area (TPSA) is 82.2 Å². The number of amides is 1. The Balaban J connectivity index is 1.70. The lowest BCUT2D eigenvalue weighted by atomic mass is 10.1. The van der Waals surface area contributed by atoms with Crippen molar-refractivity contribution < 1.29 is 14.7 Å². The van der Waals surface area contributed by atoms with Crippen LogP contribution in [0.2, 0.25) is 0 Å². The Kier molecular flexibility index (Phi) is 4.33. The smallest absolute Gasteiger partial charge is 0.337 e. The van der Waals surface area contributed by atoms with Crippen molar-refractivity contribution in [1.29, 1.82) is 0 Å². The van der Waals surface area contributed by atoms with Gasteiger partial charge >= 0.3 is 5.97 Å². The molecule has 0 saturated carbocycles. The number of aromatic carboxylic acids is 1. The Morgan fingerprint density at radius 2 is 1.96 bits per heavy atom. The van der Waals surface area contributed by atoms with Crippen molar-refractivity contribution in [2.24, 2.45) is 0 Å². The summed E-state index contributed by atoms with van der Waals surface area (Å²) in [5, 5.41) is 13.0. The first-order chi connectivity index (χ1) is 11.5. The molecule has 0 atom stereocenters. The number of hydrogen-bond donors (Lipinski definition) is 3. The zero-order valence-electron chi connectivity index (χ0n) is 13.3. The van der Waals surface area contributed by atoms with E-state index in [0.717, 1.165) is 22.0 Å². The molecular formula is C19H18N2O3. The summed E-state index contributed by atoms with van der Waals surface area (Å²) in [5.74, 6) is -1.25. The summed E-state index contributed by atoms with van der Waals surface area (Å²) in [4.78, 5) is 26.6. The van der Waals surface area contributed by atoms with Gasteiger partial charge in [-0.1, -0.05) is 24.3 Å². The first-order valence-electron chi connectivity index (χ1n) is 7.73. The molecule has 0 unspecified atom stereocenters. The lowest BCUT2D eigenvalue weighted by Gasteiger charge is -2.09. The Hall–Kier alpha value is -3.08. The van der Waals surface area contributed by atoms with Gasteiger partial charge in [-0.3, -0.25) is 4.79 Å². The summed E-state index contributed by atoms with van der Waals surface area (Å²) in [6.45, 7) is 1.85. The number of carboxylic acid groups (broad SMARTS) is 1. The molecule has 5 heteroatoms. The highest BCUT2D eigenvalue weighted by atomic mass is 16.4. The second kappa shape index (κ2) is 6.58. The van der Waals surface area contributed by atoms with Gasteiger partial charge in [0, 0.05) is 23.5 Å². The standard InChI is InChI=1S/C19H18N2O3/c1-12-6-8-15(19(23)24)17(10-12)21-18(22)9-7-13-11-20-16-5-3-2-4-14(13)16/h2-6,8,10-11,20H,7,9H2,1H3,(H,21,22)(H,23,24). The van der Waals surface area contributed by atoms with Crippen molar-refractivity contribution in [1.82, 2.24) is 4.98 Å². The molecule has 0 bridgehead atoms. The average Bonchev–Trinajstić information content (AvgIpc) is 2.96. The highest BCUT2D eigenvalue weighted by Gasteiger charge is 2.13. The Morgan fingerprint density at radius 3 is 2.75 bits per heavy atom. The number of rotatable bonds is 5. The predicted octanol–water partition coefficient (Wildman–Crippen LogP) is 3.75. The minimum absolute atomic E-state index is 0.0982. The normalized spacial score (nSPS) is 10.7. The fourth-order valence-electron chi connectivity index (χ4n) is 2.75. The Labute approximate surface area is 139 Å². The number of H-pyrrole nitrogens is 1. The summed E-state index contributed by atoms with van der Waals surface area (Å²) in [6, 6.07) is 12.8. The number of carboxylic acids is 1. The van der Waals surface area contributed by atoms with Crippen LogP contribution in [0.5, 0.6) is 0 Å². The molecule has 1 amide bonds. The van der Waals surface area contributed by atoms with Gasteiger partial charge in [-0.15, -0.1) is 0 Å². The molecule has 0 radical (unpaired) electrons. The van der Waals surface area contributed by atoms with Crippen molar-refractivity contribution in [3.05, 3.63) is 65.4 Å². The fraction of sp³-hybridized carbons (Fsp3) is 0.158. The predicted molar refractivity (Wildman–Crippen MR) is 93.4 cm³/mol. The van der Waals surface area contributed by atoms with Crippen LogP contribution < -0.4 is 5.32 Å². The van der Waals surface area contributed by atoms with Crippen molar-refractivity contribution in [2.75, 3.05) is 5.32 Å². The summed E-state index contributed by atoms with van der Waals surface area (Å²) in [6.07, 6.45) is 2.78. The molecule has 2 aromatic carbocycles. The minimum Gasteiger partial charge on any atom is -0.478 e. The first-order valence-corrected chi connectivity index (χ1v) is 7.73. The molecule has 3 rings (SSSR count). The van der Waals surface area contributed by atoms with Gasteiger partial charge in [0.1, 0.15) is 0 Å². The van der Waals surface area contributed by atoms with E-state index in [2.05, 4.69) is 10.3 Å². The van der Waals surface area contributed by atoms with E-state index in [1.807, 2.05) is 37.4 Å². The second-order valence-electron chi connectivity index (χ2n) is 5.76. The van der Waals surface area contributed by atoms with E-state index >= 15 is 0 Å². The summed E-state index contributed by atoms with van der Waals surface area (Å²) in [5.41, 5.74) is 3.45. The van der Waals surface area contributed by atoms with Crippen LogP contribution in [0.25, 0.3) is 10.9 Å². The SMILES string of the molecule is Cc1ccc(C(=O)O)c(NC(=O)CCc2c[nH]c3ccccc23)c1. The summed E-state index contributed by atoms with van der Waals surface area (Å²) in [7, 11) is 0. The zero-order valence-corrected chi connectivity index (χ0v) is 13.3. The van der Waals surface area contributed by atoms with Crippen LogP contribution in [0, 0.1) is 6.92 Å². The molecule has 1 aromatic heterocycles. The van der Waals surface area contributed by atoms with Gasteiger partial charge in [-0.2, -0.15) is 0 Å².